The van der Waals surface area contributed by atoms with Crippen LogP contribution in [0.15, 0.2) is 18.2 Å². The number of benzene rings is 1. The average Bonchev–Trinajstić information content (AvgIpc) is 2.45. The molecule has 4 heteroatoms. The van der Waals surface area contributed by atoms with Crippen molar-refractivity contribution in [2.45, 2.75) is 31.7 Å². The van der Waals surface area contributed by atoms with Crippen molar-refractivity contribution in [2.24, 2.45) is 0 Å². The molecular formula is C15H20FN3. The highest BCUT2D eigenvalue weighted by Crippen LogP contribution is 2.30. The first-order chi connectivity index (χ1) is 9.27. The van der Waals surface area contributed by atoms with Crippen molar-refractivity contribution in [1.29, 1.82) is 5.26 Å². The average molecular weight is 261 g/mol. The highest BCUT2D eigenvalue weighted by molar-refractivity contribution is 5.60. The van der Waals surface area contributed by atoms with Gasteiger partial charge < -0.3 is 10.2 Å². The van der Waals surface area contributed by atoms with Crippen LogP contribution in [0.3, 0.4) is 0 Å². The minimum absolute atomic E-state index is 0.179. The van der Waals surface area contributed by atoms with E-state index in [1.807, 2.05) is 19.2 Å². The number of rotatable bonds is 4. The normalized spacial score (nSPS) is 19.2. The Morgan fingerprint density at radius 2 is 2.32 bits per heavy atom. The first-order valence-corrected chi connectivity index (χ1v) is 6.87. The lowest BCUT2D eigenvalue weighted by Crippen LogP contribution is -2.41. The fourth-order valence-electron chi connectivity index (χ4n) is 2.79. The quantitative estimate of drug-likeness (QED) is 0.905. The van der Waals surface area contributed by atoms with Crippen LogP contribution in [0.1, 0.15) is 31.2 Å². The van der Waals surface area contributed by atoms with E-state index in [0.29, 0.717) is 6.04 Å². The molecule has 0 spiro atoms. The minimum Gasteiger partial charge on any atom is -0.367 e. The van der Waals surface area contributed by atoms with Gasteiger partial charge in [-0.25, -0.2) is 4.39 Å². The van der Waals surface area contributed by atoms with Gasteiger partial charge in [-0.05, 0) is 51.4 Å². The lowest BCUT2D eigenvalue weighted by atomic mass is 9.97. The zero-order chi connectivity index (χ0) is 13.7. The second-order valence-electron chi connectivity index (χ2n) is 4.98. The van der Waals surface area contributed by atoms with E-state index in [4.69, 9.17) is 5.26 Å². The van der Waals surface area contributed by atoms with Crippen LogP contribution in [0.25, 0.3) is 0 Å². The lowest BCUT2D eigenvalue weighted by molar-refractivity contribution is 0.432. The van der Waals surface area contributed by atoms with Crippen LogP contribution in [-0.4, -0.2) is 26.2 Å². The Hall–Kier alpha value is -1.60. The summed E-state index contributed by atoms with van der Waals surface area (Å²) in [7, 11) is 1.94. The van der Waals surface area contributed by atoms with E-state index < -0.39 is 5.82 Å². The fraction of sp³-hybridized carbons (Fsp3) is 0.533. The van der Waals surface area contributed by atoms with E-state index in [-0.39, 0.29) is 5.56 Å². The first-order valence-electron chi connectivity index (χ1n) is 6.87. The number of nitriles is 1. The zero-order valence-electron chi connectivity index (χ0n) is 11.3. The summed E-state index contributed by atoms with van der Waals surface area (Å²) in [6.07, 6.45) is 4.46. The van der Waals surface area contributed by atoms with Gasteiger partial charge in [-0.15, -0.1) is 0 Å². The Morgan fingerprint density at radius 1 is 1.47 bits per heavy atom. The van der Waals surface area contributed by atoms with E-state index in [1.165, 1.54) is 12.5 Å². The van der Waals surface area contributed by atoms with Crippen molar-refractivity contribution in [1.82, 2.24) is 5.32 Å². The van der Waals surface area contributed by atoms with E-state index >= 15 is 0 Å². The van der Waals surface area contributed by atoms with E-state index in [9.17, 15) is 4.39 Å². The maximum absolute atomic E-state index is 13.7. The second kappa shape index (κ2) is 6.53. The van der Waals surface area contributed by atoms with Crippen LogP contribution in [0.4, 0.5) is 10.1 Å². The molecule has 19 heavy (non-hydrogen) atoms. The van der Waals surface area contributed by atoms with Gasteiger partial charge in [0.2, 0.25) is 0 Å². The minimum atomic E-state index is -0.419. The Kier molecular flexibility index (Phi) is 4.75. The molecular weight excluding hydrogens is 241 g/mol. The van der Waals surface area contributed by atoms with Crippen molar-refractivity contribution < 1.29 is 4.39 Å². The summed E-state index contributed by atoms with van der Waals surface area (Å²) in [4.78, 5) is 2.21. The van der Waals surface area contributed by atoms with Gasteiger partial charge in [0.05, 0.1) is 5.69 Å². The Labute approximate surface area is 114 Å². The molecule has 0 aliphatic carbocycles. The number of halogens is 1. The molecule has 0 bridgehead atoms. The van der Waals surface area contributed by atoms with Crippen LogP contribution in [0.2, 0.25) is 0 Å². The molecule has 1 heterocycles. The maximum atomic E-state index is 13.7. The van der Waals surface area contributed by atoms with Gasteiger partial charge in [-0.3, -0.25) is 0 Å². The predicted octanol–water partition coefficient (Wildman–Crippen LogP) is 2.67. The molecule has 2 rings (SSSR count). The van der Waals surface area contributed by atoms with E-state index in [1.54, 1.807) is 6.07 Å². The van der Waals surface area contributed by atoms with Crippen molar-refractivity contribution in [3.05, 3.63) is 29.6 Å². The number of piperidine rings is 1. The summed E-state index contributed by atoms with van der Waals surface area (Å²) in [6.45, 7) is 1.85. The highest BCUT2D eigenvalue weighted by atomic mass is 19.1. The Bertz CT molecular complexity index is 467. The van der Waals surface area contributed by atoms with Gasteiger partial charge in [0.1, 0.15) is 17.4 Å². The van der Waals surface area contributed by atoms with Gasteiger partial charge >= 0.3 is 0 Å². The number of hydrogen-bond acceptors (Lipinski definition) is 3. The van der Waals surface area contributed by atoms with Gasteiger partial charge in [0.25, 0.3) is 0 Å². The molecule has 1 unspecified atom stereocenters. The first kappa shape index (κ1) is 13.8. The van der Waals surface area contributed by atoms with Crippen LogP contribution in [-0.2, 0) is 0 Å². The molecule has 1 atom stereocenters. The monoisotopic (exact) mass is 261 g/mol. The predicted molar refractivity (Wildman–Crippen MR) is 74.6 cm³/mol. The zero-order valence-corrected chi connectivity index (χ0v) is 11.3. The third kappa shape index (κ3) is 3.05. The van der Waals surface area contributed by atoms with Crippen molar-refractivity contribution in [3.8, 4) is 6.07 Å². The van der Waals surface area contributed by atoms with E-state index in [0.717, 1.165) is 38.0 Å². The third-order valence-corrected chi connectivity index (χ3v) is 3.77. The Balaban J connectivity index is 2.27. The molecule has 1 N–H and O–H groups in total. The van der Waals surface area contributed by atoms with Gasteiger partial charge in [0, 0.05) is 12.6 Å². The summed E-state index contributed by atoms with van der Waals surface area (Å²) < 4.78 is 13.7. The standard InChI is InChI=1S/C15H20FN3/c1-18-9-8-12-5-2-3-10-19(12)15-7-4-6-14(16)13(15)11-17/h4,6-7,12,18H,2-3,5,8-10H2,1H3. The Morgan fingerprint density at radius 3 is 3.05 bits per heavy atom. The molecule has 0 amide bonds. The summed E-state index contributed by atoms with van der Waals surface area (Å²) in [5.41, 5.74) is 0.933. The lowest BCUT2D eigenvalue weighted by Gasteiger charge is -2.38. The molecule has 0 aromatic heterocycles. The number of nitrogens with one attached hydrogen (secondary N) is 1. The summed E-state index contributed by atoms with van der Waals surface area (Å²) in [5, 5.41) is 12.3. The molecule has 1 aromatic rings. The van der Waals surface area contributed by atoms with Gasteiger partial charge in [0.15, 0.2) is 0 Å². The molecule has 1 aromatic carbocycles. The molecule has 1 aliphatic rings. The fourth-order valence-corrected chi connectivity index (χ4v) is 2.79. The van der Waals surface area contributed by atoms with Crippen LogP contribution >= 0.6 is 0 Å². The maximum Gasteiger partial charge on any atom is 0.143 e. The molecule has 3 nitrogen and oxygen atoms in total. The number of nitrogens with zero attached hydrogens (tertiary/aromatic N) is 2. The molecule has 102 valence electrons. The third-order valence-electron chi connectivity index (χ3n) is 3.77. The molecule has 0 saturated carbocycles. The highest BCUT2D eigenvalue weighted by Gasteiger charge is 2.25. The largest absolute Gasteiger partial charge is 0.367 e. The molecule has 1 aliphatic heterocycles. The SMILES string of the molecule is CNCCC1CCCCN1c1cccc(F)c1C#N. The summed E-state index contributed by atoms with van der Waals surface area (Å²) in [5.74, 6) is -0.419. The van der Waals surface area contributed by atoms with Crippen molar-refractivity contribution in [3.63, 3.8) is 0 Å². The van der Waals surface area contributed by atoms with Gasteiger partial charge in [-0.1, -0.05) is 6.07 Å². The summed E-state index contributed by atoms with van der Waals surface area (Å²) >= 11 is 0. The van der Waals surface area contributed by atoms with Crippen LogP contribution in [0.5, 0.6) is 0 Å². The van der Waals surface area contributed by atoms with Crippen molar-refractivity contribution in [2.75, 3.05) is 25.0 Å². The number of anilines is 1. The summed E-state index contributed by atoms with van der Waals surface area (Å²) in [6, 6.07) is 7.31. The second-order valence-corrected chi connectivity index (χ2v) is 4.98. The van der Waals surface area contributed by atoms with Crippen molar-refractivity contribution >= 4 is 5.69 Å². The smallest absolute Gasteiger partial charge is 0.143 e. The van der Waals surface area contributed by atoms with Gasteiger partial charge in [-0.2, -0.15) is 5.26 Å². The molecule has 0 radical (unpaired) electrons. The van der Waals surface area contributed by atoms with Crippen LogP contribution < -0.4 is 10.2 Å². The topological polar surface area (TPSA) is 39.1 Å². The van der Waals surface area contributed by atoms with Crippen LogP contribution in [0, 0.1) is 17.1 Å². The van der Waals surface area contributed by atoms with E-state index in [2.05, 4.69) is 10.2 Å². The number of hydrogen-bond donors (Lipinski definition) is 1. The molecule has 1 fully saturated rings. The molecule has 1 saturated heterocycles.